The molecule has 0 saturated carbocycles. The summed E-state index contributed by atoms with van der Waals surface area (Å²) in [6.45, 7) is 8.68. The number of benzene rings is 1. The fourth-order valence-corrected chi connectivity index (χ4v) is 2.97. The van der Waals surface area contributed by atoms with E-state index in [-0.39, 0.29) is 12.1 Å². The first-order valence-corrected chi connectivity index (χ1v) is 8.30. The van der Waals surface area contributed by atoms with E-state index in [0.29, 0.717) is 5.92 Å². The summed E-state index contributed by atoms with van der Waals surface area (Å²) in [4.78, 5) is 14.4. The smallest absolute Gasteiger partial charge is 0.410 e. The second kappa shape index (κ2) is 6.39. The zero-order chi connectivity index (χ0) is 15.6. The van der Waals surface area contributed by atoms with Gasteiger partial charge in [-0.1, -0.05) is 35.0 Å². The molecule has 1 saturated heterocycles. The third kappa shape index (κ3) is 4.47. The number of piperidine rings is 1. The van der Waals surface area contributed by atoms with Gasteiger partial charge in [-0.3, -0.25) is 0 Å². The zero-order valence-corrected chi connectivity index (χ0v) is 14.8. The van der Waals surface area contributed by atoms with Crippen LogP contribution in [0.2, 0.25) is 0 Å². The number of likely N-dealkylation sites (tertiary alicyclic amines) is 1. The normalized spacial score (nSPS) is 23.0. The summed E-state index contributed by atoms with van der Waals surface area (Å²) < 4.78 is 6.63. The summed E-state index contributed by atoms with van der Waals surface area (Å²) in [7, 11) is 0. The monoisotopic (exact) mass is 353 g/mol. The molecule has 4 heteroatoms. The Morgan fingerprint density at radius 2 is 1.86 bits per heavy atom. The maximum absolute atomic E-state index is 12.5. The number of nitrogens with zero attached hydrogens (tertiary/aromatic N) is 1. The second-order valence-corrected chi connectivity index (χ2v) is 7.80. The molecule has 2 atom stereocenters. The molecule has 0 aliphatic carbocycles. The topological polar surface area (TPSA) is 29.5 Å². The van der Waals surface area contributed by atoms with Crippen molar-refractivity contribution in [2.24, 2.45) is 5.92 Å². The highest BCUT2D eigenvalue weighted by Gasteiger charge is 2.33. The van der Waals surface area contributed by atoms with Crippen LogP contribution in [-0.4, -0.2) is 23.1 Å². The molecule has 0 spiro atoms. The second-order valence-electron chi connectivity index (χ2n) is 6.88. The lowest BCUT2D eigenvalue weighted by Gasteiger charge is -2.39. The van der Waals surface area contributed by atoms with Crippen LogP contribution in [-0.2, 0) is 4.74 Å². The highest BCUT2D eigenvalue weighted by atomic mass is 79.9. The molecule has 0 bridgehead atoms. The molecule has 3 nitrogen and oxygen atoms in total. The minimum atomic E-state index is -0.456. The Balaban J connectivity index is 2.21. The Hall–Kier alpha value is -1.03. The molecule has 2 rings (SSSR count). The SMILES string of the molecule is C[C@H]1CCC(c2ccc(Br)cc2)N(C(=O)OC(C)(C)C)C1. The summed E-state index contributed by atoms with van der Waals surface area (Å²) in [5.74, 6) is 0.518. The molecule has 1 aliphatic rings. The first kappa shape index (κ1) is 16.3. The number of hydrogen-bond acceptors (Lipinski definition) is 2. The Bertz CT molecular complexity index is 493. The minimum absolute atomic E-state index is 0.115. The number of carbonyl (C=O) groups is 1. The fraction of sp³-hybridized carbons (Fsp3) is 0.588. The van der Waals surface area contributed by atoms with E-state index < -0.39 is 5.60 Å². The average molecular weight is 354 g/mol. The number of hydrogen-bond donors (Lipinski definition) is 0. The van der Waals surface area contributed by atoms with Gasteiger partial charge in [-0.25, -0.2) is 4.79 Å². The van der Waals surface area contributed by atoms with Crippen LogP contribution < -0.4 is 0 Å². The van der Waals surface area contributed by atoms with Gasteiger partial charge >= 0.3 is 6.09 Å². The molecule has 21 heavy (non-hydrogen) atoms. The van der Waals surface area contributed by atoms with E-state index in [4.69, 9.17) is 4.74 Å². The highest BCUT2D eigenvalue weighted by molar-refractivity contribution is 9.10. The van der Waals surface area contributed by atoms with Crippen LogP contribution in [0.3, 0.4) is 0 Å². The van der Waals surface area contributed by atoms with Crippen molar-refractivity contribution in [2.75, 3.05) is 6.54 Å². The Labute approximate surface area is 135 Å². The predicted molar refractivity (Wildman–Crippen MR) is 88.2 cm³/mol. The van der Waals surface area contributed by atoms with Gasteiger partial charge in [0.15, 0.2) is 0 Å². The van der Waals surface area contributed by atoms with Gasteiger partial charge in [0.1, 0.15) is 5.60 Å². The van der Waals surface area contributed by atoms with E-state index in [1.54, 1.807) is 0 Å². The molecule has 1 amide bonds. The van der Waals surface area contributed by atoms with Gasteiger partial charge < -0.3 is 9.64 Å². The van der Waals surface area contributed by atoms with Crippen LogP contribution in [0.15, 0.2) is 28.7 Å². The van der Waals surface area contributed by atoms with Crippen molar-refractivity contribution in [3.05, 3.63) is 34.3 Å². The van der Waals surface area contributed by atoms with Gasteiger partial charge in [0.2, 0.25) is 0 Å². The molecule has 0 N–H and O–H groups in total. The molecular weight excluding hydrogens is 330 g/mol. The fourth-order valence-electron chi connectivity index (χ4n) is 2.71. The number of rotatable bonds is 1. The molecule has 0 radical (unpaired) electrons. The van der Waals surface area contributed by atoms with Crippen LogP contribution in [0.5, 0.6) is 0 Å². The lowest BCUT2D eigenvalue weighted by atomic mass is 9.90. The summed E-state index contributed by atoms with van der Waals surface area (Å²) in [6.07, 6.45) is 1.92. The number of amides is 1. The third-order valence-corrected chi connectivity index (χ3v) is 4.23. The first-order chi connectivity index (χ1) is 9.76. The van der Waals surface area contributed by atoms with E-state index in [1.165, 1.54) is 5.56 Å². The molecule has 116 valence electrons. The molecule has 1 heterocycles. The maximum atomic E-state index is 12.5. The quantitative estimate of drug-likeness (QED) is 0.697. The summed E-state index contributed by atoms with van der Waals surface area (Å²) >= 11 is 3.46. The first-order valence-electron chi connectivity index (χ1n) is 7.51. The van der Waals surface area contributed by atoms with Crippen molar-refractivity contribution < 1.29 is 9.53 Å². The molecule has 1 aliphatic heterocycles. The number of carbonyl (C=O) groups excluding carboxylic acids is 1. The van der Waals surface area contributed by atoms with Gasteiger partial charge in [-0.2, -0.15) is 0 Å². The van der Waals surface area contributed by atoms with Crippen LogP contribution in [0.4, 0.5) is 4.79 Å². The lowest BCUT2D eigenvalue weighted by Crippen LogP contribution is -2.44. The largest absolute Gasteiger partial charge is 0.444 e. The predicted octanol–water partition coefficient (Wildman–Crippen LogP) is 5.16. The lowest BCUT2D eigenvalue weighted by molar-refractivity contribution is 0.00364. The standard InChI is InChI=1S/C17H24BrNO2/c1-12-5-10-15(13-6-8-14(18)9-7-13)19(11-12)16(20)21-17(2,3)4/h6-9,12,15H,5,10-11H2,1-4H3/t12-,15?/m0/s1. The van der Waals surface area contributed by atoms with Gasteiger partial charge in [0.25, 0.3) is 0 Å². The van der Waals surface area contributed by atoms with E-state index in [0.717, 1.165) is 23.9 Å². The average Bonchev–Trinajstić information content (AvgIpc) is 2.38. The summed E-state index contributed by atoms with van der Waals surface area (Å²) in [5.41, 5.74) is 0.720. The van der Waals surface area contributed by atoms with Gasteiger partial charge in [-0.05, 0) is 57.2 Å². The van der Waals surface area contributed by atoms with Crippen LogP contribution in [0.25, 0.3) is 0 Å². The summed E-state index contributed by atoms with van der Waals surface area (Å²) in [6, 6.07) is 8.34. The van der Waals surface area contributed by atoms with Gasteiger partial charge in [0, 0.05) is 11.0 Å². The molecule has 1 unspecified atom stereocenters. The van der Waals surface area contributed by atoms with E-state index in [2.05, 4.69) is 35.0 Å². The molecule has 1 aromatic rings. The molecular formula is C17H24BrNO2. The molecule has 0 aromatic heterocycles. The van der Waals surface area contributed by atoms with Gasteiger partial charge in [-0.15, -0.1) is 0 Å². The van der Waals surface area contributed by atoms with Gasteiger partial charge in [0.05, 0.1) is 6.04 Å². The third-order valence-electron chi connectivity index (χ3n) is 3.70. The van der Waals surface area contributed by atoms with Crippen molar-refractivity contribution >= 4 is 22.0 Å². The van der Waals surface area contributed by atoms with Crippen molar-refractivity contribution in [1.82, 2.24) is 4.90 Å². The van der Waals surface area contributed by atoms with Crippen LogP contribution >= 0.6 is 15.9 Å². The highest BCUT2D eigenvalue weighted by Crippen LogP contribution is 2.34. The maximum Gasteiger partial charge on any atom is 0.410 e. The minimum Gasteiger partial charge on any atom is -0.444 e. The van der Waals surface area contributed by atoms with Crippen molar-refractivity contribution in [1.29, 1.82) is 0 Å². The van der Waals surface area contributed by atoms with E-state index >= 15 is 0 Å². The number of halogens is 1. The Morgan fingerprint density at radius 1 is 1.24 bits per heavy atom. The zero-order valence-electron chi connectivity index (χ0n) is 13.2. The van der Waals surface area contributed by atoms with E-state index in [1.807, 2.05) is 37.8 Å². The van der Waals surface area contributed by atoms with E-state index in [9.17, 15) is 4.79 Å². The van der Waals surface area contributed by atoms with Crippen LogP contribution in [0, 0.1) is 5.92 Å². The Kier molecular flexibility index (Phi) is 4.97. The van der Waals surface area contributed by atoms with Crippen molar-refractivity contribution in [3.8, 4) is 0 Å². The van der Waals surface area contributed by atoms with Crippen molar-refractivity contribution in [2.45, 2.75) is 52.2 Å². The van der Waals surface area contributed by atoms with Crippen molar-refractivity contribution in [3.63, 3.8) is 0 Å². The Morgan fingerprint density at radius 3 is 2.43 bits per heavy atom. The molecule has 1 fully saturated rings. The molecule has 1 aromatic carbocycles. The summed E-state index contributed by atoms with van der Waals surface area (Å²) in [5, 5.41) is 0. The number of ether oxygens (including phenoxy) is 1. The van der Waals surface area contributed by atoms with Crippen LogP contribution in [0.1, 0.15) is 52.1 Å².